The van der Waals surface area contributed by atoms with Crippen LogP contribution in [0.2, 0.25) is 0 Å². The molecular formula is C8H14BrN3O. The third-order valence-electron chi connectivity index (χ3n) is 1.82. The predicted molar refractivity (Wildman–Crippen MR) is 54.3 cm³/mol. The summed E-state index contributed by atoms with van der Waals surface area (Å²) in [6.45, 7) is 4.22. The lowest BCUT2D eigenvalue weighted by atomic mass is 10.2. The molecular weight excluding hydrogens is 234 g/mol. The van der Waals surface area contributed by atoms with E-state index in [1.54, 1.807) is 10.9 Å². The van der Waals surface area contributed by atoms with E-state index in [1.807, 2.05) is 13.8 Å². The minimum Gasteiger partial charge on any atom is -0.385 e. The van der Waals surface area contributed by atoms with Gasteiger partial charge in [-0.1, -0.05) is 0 Å². The summed E-state index contributed by atoms with van der Waals surface area (Å²) in [5.41, 5.74) is 6.14. The van der Waals surface area contributed by atoms with Crippen LogP contribution in [0.1, 0.15) is 31.7 Å². The van der Waals surface area contributed by atoms with Gasteiger partial charge in [-0.05, 0) is 29.8 Å². The predicted octanol–water partition coefficient (Wildman–Crippen LogP) is 1.22. The number of halogens is 1. The third kappa shape index (κ3) is 2.10. The van der Waals surface area contributed by atoms with Gasteiger partial charge in [0.15, 0.2) is 0 Å². The molecule has 0 saturated heterocycles. The van der Waals surface area contributed by atoms with Crippen molar-refractivity contribution >= 4 is 15.9 Å². The molecule has 0 radical (unpaired) electrons. The van der Waals surface area contributed by atoms with E-state index in [0.717, 1.165) is 10.2 Å². The van der Waals surface area contributed by atoms with Gasteiger partial charge in [0.05, 0.1) is 16.4 Å². The average Bonchev–Trinajstić information content (AvgIpc) is 2.46. The summed E-state index contributed by atoms with van der Waals surface area (Å²) in [4.78, 5) is 0. The van der Waals surface area contributed by atoms with E-state index in [0.29, 0.717) is 0 Å². The molecule has 13 heavy (non-hydrogen) atoms. The molecule has 0 bridgehead atoms. The van der Waals surface area contributed by atoms with Gasteiger partial charge >= 0.3 is 0 Å². The van der Waals surface area contributed by atoms with E-state index >= 15 is 0 Å². The Morgan fingerprint density at radius 3 is 2.77 bits per heavy atom. The van der Waals surface area contributed by atoms with Crippen molar-refractivity contribution in [2.75, 3.05) is 6.54 Å². The van der Waals surface area contributed by atoms with Crippen LogP contribution in [0, 0.1) is 0 Å². The number of hydrogen-bond acceptors (Lipinski definition) is 3. The van der Waals surface area contributed by atoms with Crippen molar-refractivity contribution in [1.29, 1.82) is 0 Å². The van der Waals surface area contributed by atoms with Gasteiger partial charge in [0, 0.05) is 12.6 Å². The molecule has 74 valence electrons. The number of aliphatic hydroxyl groups is 1. The Labute approximate surface area is 85.9 Å². The average molecular weight is 248 g/mol. The summed E-state index contributed by atoms with van der Waals surface area (Å²) >= 11 is 3.33. The minimum atomic E-state index is -0.653. The highest BCUT2D eigenvalue weighted by Crippen LogP contribution is 2.24. The van der Waals surface area contributed by atoms with E-state index in [9.17, 15) is 5.11 Å². The second-order valence-corrected chi connectivity index (χ2v) is 4.02. The van der Waals surface area contributed by atoms with Crippen molar-refractivity contribution < 1.29 is 5.11 Å². The quantitative estimate of drug-likeness (QED) is 0.845. The van der Waals surface area contributed by atoms with Gasteiger partial charge in [-0.25, -0.2) is 0 Å². The van der Waals surface area contributed by atoms with Crippen LogP contribution in [-0.4, -0.2) is 21.4 Å². The van der Waals surface area contributed by atoms with Crippen LogP contribution in [0.3, 0.4) is 0 Å². The molecule has 1 rings (SSSR count). The van der Waals surface area contributed by atoms with Crippen molar-refractivity contribution in [1.82, 2.24) is 9.78 Å². The molecule has 1 atom stereocenters. The molecule has 0 aliphatic carbocycles. The highest BCUT2D eigenvalue weighted by molar-refractivity contribution is 9.10. The largest absolute Gasteiger partial charge is 0.385 e. The molecule has 0 saturated carbocycles. The fraction of sp³-hybridized carbons (Fsp3) is 0.625. The number of hydrogen-bond donors (Lipinski definition) is 2. The Bertz CT molecular complexity index is 285. The molecule has 0 aromatic carbocycles. The summed E-state index contributed by atoms with van der Waals surface area (Å²) in [6, 6.07) is 0.225. The summed E-state index contributed by atoms with van der Waals surface area (Å²) < 4.78 is 2.57. The van der Waals surface area contributed by atoms with Crippen molar-refractivity contribution in [3.8, 4) is 0 Å². The van der Waals surface area contributed by atoms with E-state index in [-0.39, 0.29) is 12.6 Å². The van der Waals surface area contributed by atoms with Gasteiger partial charge in [0.25, 0.3) is 0 Å². The van der Waals surface area contributed by atoms with Crippen molar-refractivity contribution in [2.24, 2.45) is 5.73 Å². The second kappa shape index (κ2) is 4.21. The molecule has 1 aromatic rings. The van der Waals surface area contributed by atoms with Gasteiger partial charge in [-0.3, -0.25) is 4.68 Å². The van der Waals surface area contributed by atoms with Crippen molar-refractivity contribution in [3.05, 3.63) is 16.4 Å². The van der Waals surface area contributed by atoms with Crippen molar-refractivity contribution in [2.45, 2.75) is 26.0 Å². The Kier molecular flexibility index (Phi) is 3.47. The molecule has 0 amide bonds. The third-order valence-corrected chi connectivity index (χ3v) is 2.43. The van der Waals surface area contributed by atoms with Gasteiger partial charge in [-0.15, -0.1) is 0 Å². The van der Waals surface area contributed by atoms with E-state index in [4.69, 9.17) is 5.73 Å². The van der Waals surface area contributed by atoms with Crippen LogP contribution in [0.5, 0.6) is 0 Å². The summed E-state index contributed by atoms with van der Waals surface area (Å²) in [5.74, 6) is 0. The normalized spacial score (nSPS) is 13.7. The van der Waals surface area contributed by atoms with Gasteiger partial charge in [-0.2, -0.15) is 5.10 Å². The molecule has 4 nitrogen and oxygen atoms in total. The lowest BCUT2D eigenvalue weighted by molar-refractivity contribution is 0.172. The zero-order chi connectivity index (χ0) is 10.0. The smallest absolute Gasteiger partial charge is 0.109 e. The molecule has 0 spiro atoms. The van der Waals surface area contributed by atoms with Gasteiger partial charge in [0.1, 0.15) is 6.10 Å². The highest BCUT2D eigenvalue weighted by atomic mass is 79.9. The zero-order valence-corrected chi connectivity index (χ0v) is 9.32. The first-order valence-electron chi connectivity index (χ1n) is 4.19. The summed E-state index contributed by atoms with van der Waals surface area (Å²) in [5, 5.41) is 13.8. The molecule has 5 heteroatoms. The molecule has 1 unspecified atom stereocenters. The number of nitrogens with zero attached hydrogens (tertiary/aromatic N) is 2. The summed E-state index contributed by atoms with van der Waals surface area (Å²) in [7, 11) is 0. The Morgan fingerprint density at radius 2 is 2.31 bits per heavy atom. The van der Waals surface area contributed by atoms with Gasteiger partial charge < -0.3 is 10.8 Å². The first-order valence-corrected chi connectivity index (χ1v) is 4.98. The Hall–Kier alpha value is -0.390. The molecule has 0 aliphatic rings. The minimum absolute atomic E-state index is 0.205. The van der Waals surface area contributed by atoms with Crippen LogP contribution in [0.4, 0.5) is 0 Å². The molecule has 0 aliphatic heterocycles. The van der Waals surface area contributed by atoms with Crippen molar-refractivity contribution in [3.63, 3.8) is 0 Å². The molecule has 1 aromatic heterocycles. The SMILES string of the molecule is CC(C)n1ncc(Br)c1C(O)CN. The zero-order valence-electron chi connectivity index (χ0n) is 7.74. The lowest BCUT2D eigenvalue weighted by Gasteiger charge is -2.14. The molecule has 3 N–H and O–H groups in total. The second-order valence-electron chi connectivity index (χ2n) is 3.17. The molecule has 0 fully saturated rings. The number of aliphatic hydroxyl groups excluding tert-OH is 1. The maximum absolute atomic E-state index is 9.61. The van der Waals surface area contributed by atoms with Gasteiger partial charge in [0.2, 0.25) is 0 Å². The van der Waals surface area contributed by atoms with Crippen LogP contribution < -0.4 is 5.73 Å². The fourth-order valence-corrected chi connectivity index (χ4v) is 1.72. The van der Waals surface area contributed by atoms with E-state index in [1.165, 1.54) is 0 Å². The highest BCUT2D eigenvalue weighted by Gasteiger charge is 2.17. The van der Waals surface area contributed by atoms with E-state index in [2.05, 4.69) is 21.0 Å². The fourth-order valence-electron chi connectivity index (χ4n) is 1.19. The first-order chi connectivity index (χ1) is 6.07. The van der Waals surface area contributed by atoms with Crippen LogP contribution >= 0.6 is 15.9 Å². The van der Waals surface area contributed by atoms with Crippen LogP contribution in [-0.2, 0) is 0 Å². The van der Waals surface area contributed by atoms with Crippen LogP contribution in [0.15, 0.2) is 10.7 Å². The molecule has 1 heterocycles. The number of rotatable bonds is 3. The van der Waals surface area contributed by atoms with E-state index < -0.39 is 6.10 Å². The monoisotopic (exact) mass is 247 g/mol. The Morgan fingerprint density at radius 1 is 1.69 bits per heavy atom. The van der Waals surface area contributed by atoms with Crippen LogP contribution in [0.25, 0.3) is 0 Å². The topological polar surface area (TPSA) is 64.1 Å². The maximum Gasteiger partial charge on any atom is 0.109 e. The number of nitrogens with two attached hydrogens (primary N) is 1. The standard InChI is InChI=1S/C8H14BrN3O/c1-5(2)12-8(7(13)3-10)6(9)4-11-12/h4-5,7,13H,3,10H2,1-2H3. The first kappa shape index (κ1) is 10.7. The maximum atomic E-state index is 9.61. The lowest BCUT2D eigenvalue weighted by Crippen LogP contribution is -2.18. The Balaban J connectivity index is 3.08. The summed E-state index contributed by atoms with van der Waals surface area (Å²) in [6.07, 6.45) is 1.02. The number of aromatic nitrogens is 2.